The molecule has 2 heterocycles. The minimum Gasteiger partial charge on any atom is -0.440 e. The molecular formula is C25H23Cl2N3O. The maximum Gasteiger partial charge on any atom is 0.205 e. The highest BCUT2D eigenvalue weighted by Crippen LogP contribution is 2.44. The van der Waals surface area contributed by atoms with Crippen LogP contribution in [0.1, 0.15) is 30.9 Å². The van der Waals surface area contributed by atoms with Gasteiger partial charge in [-0.3, -0.25) is 4.90 Å². The lowest BCUT2D eigenvalue weighted by Gasteiger charge is -2.39. The predicted octanol–water partition coefficient (Wildman–Crippen LogP) is 5.86. The van der Waals surface area contributed by atoms with Crippen molar-refractivity contribution in [2.75, 3.05) is 13.1 Å². The quantitative estimate of drug-likeness (QED) is 0.634. The van der Waals surface area contributed by atoms with E-state index in [0.717, 1.165) is 34.6 Å². The van der Waals surface area contributed by atoms with Crippen molar-refractivity contribution in [3.05, 3.63) is 98.1 Å². The minimum atomic E-state index is -0.277. The molecule has 2 aromatic carbocycles. The van der Waals surface area contributed by atoms with Crippen molar-refractivity contribution >= 4 is 29.3 Å². The number of hydrogen-bond acceptors (Lipinski definition) is 4. The largest absolute Gasteiger partial charge is 0.440 e. The average molecular weight is 452 g/mol. The molecule has 2 N–H and O–H groups in total. The molecule has 158 valence electrons. The molecule has 0 unspecified atom stereocenters. The van der Waals surface area contributed by atoms with Crippen LogP contribution in [0.4, 0.5) is 0 Å². The maximum absolute atomic E-state index is 9.88. The number of nitrogens with two attached hydrogens (primary N) is 1. The zero-order valence-electron chi connectivity index (χ0n) is 17.4. The summed E-state index contributed by atoms with van der Waals surface area (Å²) in [7, 11) is 0. The van der Waals surface area contributed by atoms with Crippen LogP contribution in [0.2, 0.25) is 10.0 Å². The van der Waals surface area contributed by atoms with Crippen molar-refractivity contribution in [1.82, 2.24) is 4.90 Å². The Balaban J connectivity index is 1.88. The van der Waals surface area contributed by atoms with Crippen LogP contribution < -0.4 is 5.73 Å². The maximum atomic E-state index is 9.88. The first-order valence-corrected chi connectivity index (χ1v) is 10.9. The molecule has 0 spiro atoms. The van der Waals surface area contributed by atoms with E-state index in [4.69, 9.17) is 33.7 Å². The fraction of sp³-hybridized carbons (Fsp3) is 0.240. The molecule has 4 nitrogen and oxygen atoms in total. The molecule has 2 aliphatic heterocycles. The molecule has 0 amide bonds. The zero-order valence-corrected chi connectivity index (χ0v) is 18.9. The average Bonchev–Trinajstić information content (AvgIpc) is 2.75. The van der Waals surface area contributed by atoms with Gasteiger partial charge in [-0.1, -0.05) is 47.5 Å². The van der Waals surface area contributed by atoms with Gasteiger partial charge in [0.25, 0.3) is 0 Å². The molecule has 1 atom stereocenters. The second-order valence-corrected chi connectivity index (χ2v) is 8.92. The van der Waals surface area contributed by atoms with E-state index in [1.54, 1.807) is 0 Å². The summed E-state index contributed by atoms with van der Waals surface area (Å²) < 4.78 is 6.07. The van der Waals surface area contributed by atoms with Crippen molar-refractivity contribution in [1.29, 1.82) is 5.26 Å². The first-order valence-electron chi connectivity index (χ1n) is 10.1. The third kappa shape index (κ3) is 4.36. The molecule has 0 bridgehead atoms. The monoisotopic (exact) mass is 451 g/mol. The Bertz CT molecular complexity index is 1120. The molecule has 0 fully saturated rings. The molecule has 4 rings (SSSR count). The van der Waals surface area contributed by atoms with E-state index in [1.807, 2.05) is 48.5 Å². The molecule has 2 aromatic rings. The standard InChI is InChI=1S/C25H23Cl2N3O/c1-15(2)30-13-18(11-16-3-7-19(26)8-4-16)24-22(14-30)23(21(12-28)25(29)31-24)17-5-9-20(27)10-6-17/h3-11,15,23H,13-14,29H2,1-2H3/b18-11+/t23-/m1/s1. The molecule has 0 saturated carbocycles. The summed E-state index contributed by atoms with van der Waals surface area (Å²) in [6.45, 7) is 5.75. The first kappa shape index (κ1) is 21.5. The minimum absolute atomic E-state index is 0.154. The summed E-state index contributed by atoms with van der Waals surface area (Å²) >= 11 is 12.2. The van der Waals surface area contributed by atoms with Crippen molar-refractivity contribution in [2.24, 2.45) is 5.73 Å². The van der Waals surface area contributed by atoms with E-state index in [2.05, 4.69) is 30.9 Å². The molecule has 0 aromatic heterocycles. The molecule has 0 aliphatic carbocycles. The van der Waals surface area contributed by atoms with Gasteiger partial charge in [0.1, 0.15) is 17.4 Å². The van der Waals surface area contributed by atoms with Gasteiger partial charge in [0, 0.05) is 34.7 Å². The van der Waals surface area contributed by atoms with Crippen LogP contribution in [-0.4, -0.2) is 24.0 Å². The van der Waals surface area contributed by atoms with Crippen molar-refractivity contribution < 1.29 is 4.74 Å². The van der Waals surface area contributed by atoms with E-state index < -0.39 is 0 Å². The van der Waals surface area contributed by atoms with Crippen molar-refractivity contribution in [2.45, 2.75) is 25.8 Å². The van der Waals surface area contributed by atoms with E-state index in [0.29, 0.717) is 28.2 Å². The molecule has 31 heavy (non-hydrogen) atoms. The second kappa shape index (κ2) is 8.80. The first-order chi connectivity index (χ1) is 14.9. The van der Waals surface area contributed by atoms with Crippen LogP contribution >= 0.6 is 23.2 Å². The Morgan fingerprint density at radius 3 is 2.26 bits per heavy atom. The molecule has 6 heteroatoms. The molecule has 0 radical (unpaired) electrons. The number of allylic oxidation sites excluding steroid dienone is 1. The summed E-state index contributed by atoms with van der Waals surface area (Å²) in [6.07, 6.45) is 2.10. The zero-order chi connectivity index (χ0) is 22.1. The molecule has 0 saturated heterocycles. The van der Waals surface area contributed by atoms with Crippen molar-refractivity contribution in [3.8, 4) is 6.07 Å². The van der Waals surface area contributed by atoms with Gasteiger partial charge in [-0.25, -0.2) is 0 Å². The van der Waals surface area contributed by atoms with Gasteiger partial charge in [0.05, 0.1) is 5.92 Å². The summed E-state index contributed by atoms with van der Waals surface area (Å²) in [6, 6.07) is 17.9. The van der Waals surface area contributed by atoms with E-state index in [1.165, 1.54) is 0 Å². The molecule has 2 aliphatic rings. The Kier molecular flexibility index (Phi) is 6.11. The summed E-state index contributed by atoms with van der Waals surface area (Å²) in [5.41, 5.74) is 10.7. The Hall–Kier alpha value is -2.71. The number of benzene rings is 2. The van der Waals surface area contributed by atoms with Gasteiger partial charge in [0.2, 0.25) is 5.88 Å². The van der Waals surface area contributed by atoms with Crippen LogP contribution in [0, 0.1) is 11.3 Å². The highest BCUT2D eigenvalue weighted by atomic mass is 35.5. The number of hydrogen-bond donors (Lipinski definition) is 1. The lowest BCUT2D eigenvalue weighted by Crippen LogP contribution is -2.41. The number of halogens is 2. The normalized spacial score (nSPS) is 20.6. The van der Waals surface area contributed by atoms with Crippen LogP contribution in [-0.2, 0) is 4.74 Å². The Morgan fingerprint density at radius 2 is 1.68 bits per heavy atom. The fourth-order valence-electron chi connectivity index (χ4n) is 4.06. The Labute approximate surface area is 192 Å². The van der Waals surface area contributed by atoms with E-state index in [9.17, 15) is 5.26 Å². The van der Waals surface area contributed by atoms with Gasteiger partial charge >= 0.3 is 0 Å². The lowest BCUT2D eigenvalue weighted by molar-refractivity contribution is 0.208. The van der Waals surface area contributed by atoms with Gasteiger partial charge in [-0.2, -0.15) is 5.26 Å². The fourth-order valence-corrected chi connectivity index (χ4v) is 4.31. The third-order valence-corrected chi connectivity index (χ3v) is 6.21. The second-order valence-electron chi connectivity index (χ2n) is 8.05. The third-order valence-electron chi connectivity index (χ3n) is 5.71. The van der Waals surface area contributed by atoms with Crippen LogP contribution in [0.25, 0.3) is 6.08 Å². The number of rotatable bonds is 3. The highest BCUT2D eigenvalue weighted by molar-refractivity contribution is 6.30. The van der Waals surface area contributed by atoms with Gasteiger partial charge in [0.15, 0.2) is 0 Å². The highest BCUT2D eigenvalue weighted by Gasteiger charge is 2.38. The van der Waals surface area contributed by atoms with E-state index >= 15 is 0 Å². The van der Waals surface area contributed by atoms with Crippen LogP contribution in [0.5, 0.6) is 0 Å². The van der Waals surface area contributed by atoms with Crippen molar-refractivity contribution in [3.63, 3.8) is 0 Å². The summed E-state index contributed by atoms with van der Waals surface area (Å²) in [4.78, 5) is 2.36. The van der Waals surface area contributed by atoms with Gasteiger partial charge in [-0.15, -0.1) is 0 Å². The lowest BCUT2D eigenvalue weighted by atomic mass is 9.80. The summed E-state index contributed by atoms with van der Waals surface area (Å²) in [5.74, 6) is 0.630. The smallest absolute Gasteiger partial charge is 0.205 e. The van der Waals surface area contributed by atoms with Gasteiger partial charge < -0.3 is 10.5 Å². The van der Waals surface area contributed by atoms with E-state index in [-0.39, 0.29) is 11.8 Å². The number of nitrogens with zero attached hydrogens (tertiary/aromatic N) is 2. The predicted molar refractivity (Wildman–Crippen MR) is 125 cm³/mol. The molecular weight excluding hydrogens is 429 g/mol. The topological polar surface area (TPSA) is 62.3 Å². The Morgan fingerprint density at radius 1 is 1.06 bits per heavy atom. The van der Waals surface area contributed by atoms with Crippen LogP contribution in [0.15, 0.2) is 76.9 Å². The van der Waals surface area contributed by atoms with Crippen LogP contribution in [0.3, 0.4) is 0 Å². The SMILES string of the molecule is CC(C)N1CC2=C(OC(N)=C(C#N)[C@H]2c2ccc(Cl)cc2)/C(=C/c2ccc(Cl)cc2)C1. The summed E-state index contributed by atoms with van der Waals surface area (Å²) in [5, 5.41) is 11.2. The number of ether oxygens (including phenoxy) is 1. The van der Waals surface area contributed by atoms with Gasteiger partial charge in [-0.05, 0) is 60.9 Å². The number of nitriles is 1.